The fourth-order valence-corrected chi connectivity index (χ4v) is 2.54. The van der Waals surface area contributed by atoms with Crippen molar-refractivity contribution in [2.45, 2.75) is 37.9 Å². The highest BCUT2D eigenvalue weighted by Crippen LogP contribution is 2.44. The van der Waals surface area contributed by atoms with Crippen LogP contribution in [0.1, 0.15) is 25.7 Å². The SMILES string of the molecule is COc1cc2c(cc1O)O[C@@H]1CCCC[C@@H]1O2. The standard InChI is InChI=1S/C13H16O4/c1-15-11-7-13-12(6-8(11)14)16-9-4-2-3-5-10(9)17-13/h6-7,9-10,14H,2-5H2,1H3/t9-,10+/m1/s1. The van der Waals surface area contributed by atoms with E-state index >= 15 is 0 Å². The van der Waals surface area contributed by atoms with Crippen molar-refractivity contribution in [3.8, 4) is 23.0 Å². The van der Waals surface area contributed by atoms with Crippen LogP contribution in [0.3, 0.4) is 0 Å². The van der Waals surface area contributed by atoms with Gasteiger partial charge >= 0.3 is 0 Å². The maximum Gasteiger partial charge on any atom is 0.165 e. The highest BCUT2D eigenvalue weighted by Gasteiger charge is 2.34. The van der Waals surface area contributed by atoms with Crippen LogP contribution >= 0.6 is 0 Å². The fraction of sp³-hybridized carbons (Fsp3) is 0.538. The van der Waals surface area contributed by atoms with Crippen molar-refractivity contribution in [2.24, 2.45) is 0 Å². The molecule has 0 saturated heterocycles. The number of aromatic hydroxyl groups is 1. The lowest BCUT2D eigenvalue weighted by Crippen LogP contribution is -2.41. The molecule has 4 nitrogen and oxygen atoms in total. The van der Waals surface area contributed by atoms with Crippen molar-refractivity contribution in [3.63, 3.8) is 0 Å². The number of rotatable bonds is 1. The Labute approximate surface area is 100 Å². The maximum atomic E-state index is 9.70. The molecule has 17 heavy (non-hydrogen) atoms. The van der Waals surface area contributed by atoms with Gasteiger partial charge in [-0.1, -0.05) is 0 Å². The number of benzene rings is 1. The van der Waals surface area contributed by atoms with Gasteiger partial charge in [-0.05, 0) is 25.7 Å². The predicted molar refractivity (Wildman–Crippen MR) is 62.0 cm³/mol. The van der Waals surface area contributed by atoms with Crippen LogP contribution in [0.5, 0.6) is 23.0 Å². The summed E-state index contributed by atoms with van der Waals surface area (Å²) in [6.07, 6.45) is 4.70. The van der Waals surface area contributed by atoms with E-state index in [0.717, 1.165) is 12.8 Å². The number of hydrogen-bond donors (Lipinski definition) is 1. The van der Waals surface area contributed by atoms with Gasteiger partial charge in [-0.2, -0.15) is 0 Å². The second-order valence-electron chi connectivity index (χ2n) is 4.57. The van der Waals surface area contributed by atoms with E-state index in [1.54, 1.807) is 12.1 Å². The lowest BCUT2D eigenvalue weighted by molar-refractivity contribution is -0.00643. The predicted octanol–water partition coefficient (Wildman–Crippen LogP) is 2.48. The largest absolute Gasteiger partial charge is 0.504 e. The van der Waals surface area contributed by atoms with Gasteiger partial charge in [0.2, 0.25) is 0 Å². The van der Waals surface area contributed by atoms with Crippen LogP contribution in [-0.2, 0) is 0 Å². The Morgan fingerprint density at radius 2 is 1.71 bits per heavy atom. The number of phenolic OH excluding ortho intramolecular Hbond substituents is 1. The Hall–Kier alpha value is -1.58. The molecule has 1 aromatic carbocycles. The van der Waals surface area contributed by atoms with Crippen molar-refractivity contribution in [2.75, 3.05) is 7.11 Å². The average molecular weight is 236 g/mol. The van der Waals surface area contributed by atoms with Gasteiger partial charge in [0.15, 0.2) is 23.0 Å². The van der Waals surface area contributed by atoms with E-state index in [1.807, 2.05) is 0 Å². The van der Waals surface area contributed by atoms with E-state index in [1.165, 1.54) is 20.0 Å². The molecule has 0 amide bonds. The molecule has 0 aromatic heterocycles. The minimum atomic E-state index is 0.0871. The summed E-state index contributed by atoms with van der Waals surface area (Å²) in [7, 11) is 1.52. The highest BCUT2D eigenvalue weighted by atomic mass is 16.6. The molecule has 2 aliphatic rings. The number of fused-ring (bicyclic) bond motifs is 2. The van der Waals surface area contributed by atoms with Crippen LogP contribution < -0.4 is 14.2 Å². The van der Waals surface area contributed by atoms with Gasteiger partial charge in [-0.25, -0.2) is 0 Å². The van der Waals surface area contributed by atoms with Crippen molar-refractivity contribution in [1.29, 1.82) is 0 Å². The van der Waals surface area contributed by atoms with Gasteiger partial charge < -0.3 is 19.3 Å². The third-order valence-corrected chi connectivity index (χ3v) is 3.44. The zero-order valence-electron chi connectivity index (χ0n) is 9.81. The van der Waals surface area contributed by atoms with Crippen LogP contribution in [0, 0.1) is 0 Å². The second kappa shape index (κ2) is 4.02. The van der Waals surface area contributed by atoms with E-state index < -0.39 is 0 Å². The number of phenols is 1. The van der Waals surface area contributed by atoms with Gasteiger partial charge in [0, 0.05) is 12.1 Å². The van der Waals surface area contributed by atoms with Gasteiger partial charge in [-0.3, -0.25) is 0 Å². The minimum Gasteiger partial charge on any atom is -0.504 e. The summed E-state index contributed by atoms with van der Waals surface area (Å²) in [6.45, 7) is 0. The van der Waals surface area contributed by atoms with Crippen LogP contribution in [0.2, 0.25) is 0 Å². The van der Waals surface area contributed by atoms with Gasteiger partial charge in [0.25, 0.3) is 0 Å². The molecular formula is C13H16O4. The van der Waals surface area contributed by atoms with E-state index in [-0.39, 0.29) is 18.0 Å². The molecule has 1 heterocycles. The quantitative estimate of drug-likeness (QED) is 0.813. The van der Waals surface area contributed by atoms with Gasteiger partial charge in [0.1, 0.15) is 12.2 Å². The Kier molecular flexibility index (Phi) is 2.50. The molecule has 4 heteroatoms. The summed E-state index contributed by atoms with van der Waals surface area (Å²) in [5.74, 6) is 1.79. The molecule has 1 N–H and O–H groups in total. The molecule has 0 radical (unpaired) electrons. The molecule has 0 unspecified atom stereocenters. The first-order valence-electron chi connectivity index (χ1n) is 6.02. The Bertz CT molecular complexity index is 430. The smallest absolute Gasteiger partial charge is 0.165 e. The zero-order chi connectivity index (χ0) is 11.8. The maximum absolute atomic E-state index is 9.70. The molecule has 0 bridgehead atoms. The Morgan fingerprint density at radius 3 is 2.29 bits per heavy atom. The van der Waals surface area contributed by atoms with E-state index in [9.17, 15) is 5.11 Å². The van der Waals surface area contributed by atoms with E-state index in [2.05, 4.69) is 0 Å². The molecule has 1 saturated carbocycles. The molecule has 1 fully saturated rings. The van der Waals surface area contributed by atoms with Crippen LogP contribution in [0.15, 0.2) is 12.1 Å². The summed E-state index contributed by atoms with van der Waals surface area (Å²) < 4.78 is 16.9. The molecular weight excluding hydrogens is 220 g/mol. The summed E-state index contributed by atoms with van der Waals surface area (Å²) >= 11 is 0. The molecule has 1 aliphatic carbocycles. The molecule has 1 aromatic rings. The van der Waals surface area contributed by atoms with Gasteiger partial charge in [0.05, 0.1) is 7.11 Å². The lowest BCUT2D eigenvalue weighted by atomic mass is 9.93. The van der Waals surface area contributed by atoms with Crippen LogP contribution in [0.4, 0.5) is 0 Å². The lowest BCUT2D eigenvalue weighted by Gasteiger charge is -2.37. The second-order valence-corrected chi connectivity index (χ2v) is 4.57. The molecule has 1 aliphatic heterocycles. The summed E-state index contributed by atoms with van der Waals surface area (Å²) in [4.78, 5) is 0. The number of hydrogen-bond acceptors (Lipinski definition) is 4. The normalized spacial score (nSPS) is 26.2. The zero-order valence-corrected chi connectivity index (χ0v) is 9.81. The summed E-state index contributed by atoms with van der Waals surface area (Å²) in [5.41, 5.74) is 0. The van der Waals surface area contributed by atoms with Crippen LogP contribution in [0.25, 0.3) is 0 Å². The molecule has 3 rings (SSSR count). The molecule has 2 atom stereocenters. The first-order valence-corrected chi connectivity index (χ1v) is 6.02. The Balaban J connectivity index is 1.94. The monoisotopic (exact) mass is 236 g/mol. The van der Waals surface area contributed by atoms with Crippen molar-refractivity contribution in [3.05, 3.63) is 12.1 Å². The minimum absolute atomic E-state index is 0.0871. The highest BCUT2D eigenvalue weighted by molar-refractivity contribution is 5.54. The third kappa shape index (κ3) is 1.77. The van der Waals surface area contributed by atoms with Crippen LogP contribution in [-0.4, -0.2) is 24.4 Å². The van der Waals surface area contributed by atoms with Crippen molar-refractivity contribution >= 4 is 0 Å². The van der Waals surface area contributed by atoms with Crippen molar-refractivity contribution in [1.82, 2.24) is 0 Å². The summed E-state index contributed by atoms with van der Waals surface area (Å²) in [5, 5.41) is 9.70. The molecule has 0 spiro atoms. The Morgan fingerprint density at radius 1 is 1.12 bits per heavy atom. The van der Waals surface area contributed by atoms with Gasteiger partial charge in [-0.15, -0.1) is 0 Å². The molecule has 92 valence electrons. The third-order valence-electron chi connectivity index (χ3n) is 3.44. The first kappa shape index (κ1) is 10.6. The first-order chi connectivity index (χ1) is 8.28. The number of ether oxygens (including phenoxy) is 3. The van der Waals surface area contributed by atoms with Crippen molar-refractivity contribution < 1.29 is 19.3 Å². The fourth-order valence-electron chi connectivity index (χ4n) is 2.54. The van der Waals surface area contributed by atoms with E-state index in [0.29, 0.717) is 17.2 Å². The van der Waals surface area contributed by atoms with E-state index in [4.69, 9.17) is 14.2 Å². The number of methoxy groups -OCH3 is 1. The summed E-state index contributed by atoms with van der Waals surface area (Å²) in [6, 6.07) is 3.26. The average Bonchev–Trinajstić information content (AvgIpc) is 2.35. The topological polar surface area (TPSA) is 47.9 Å².